The number of nitrogens with zero attached hydrogens (tertiary/aromatic N) is 1. The Kier molecular flexibility index (Phi) is 5.03. The van der Waals surface area contributed by atoms with E-state index in [2.05, 4.69) is 25.6 Å². The van der Waals surface area contributed by atoms with Crippen LogP contribution in [-0.4, -0.2) is 25.8 Å². The lowest BCUT2D eigenvalue weighted by Crippen LogP contribution is -2.21. The van der Waals surface area contributed by atoms with E-state index in [0.29, 0.717) is 21.7 Å². The second-order valence-electron chi connectivity index (χ2n) is 4.21. The van der Waals surface area contributed by atoms with Gasteiger partial charge in [-0.05, 0) is 40.2 Å². The number of hydrogen-bond acceptors (Lipinski definition) is 5. The standard InChI is InChI=1S/C13H14BrN3O3S/c14-13-5-4-11(9-16-13)17-21(18,19)7-6-20-12-3-1-2-10(15)8-12/h1-5,8-9,17H,6-7,15H2. The van der Waals surface area contributed by atoms with E-state index in [4.69, 9.17) is 10.5 Å². The minimum absolute atomic E-state index is 0.0305. The van der Waals surface area contributed by atoms with E-state index in [1.54, 1.807) is 36.4 Å². The van der Waals surface area contributed by atoms with Crippen molar-refractivity contribution in [2.75, 3.05) is 22.8 Å². The van der Waals surface area contributed by atoms with Crippen molar-refractivity contribution in [3.05, 3.63) is 47.2 Å². The second-order valence-corrected chi connectivity index (χ2v) is 6.87. The van der Waals surface area contributed by atoms with Crippen LogP contribution in [-0.2, 0) is 10.0 Å². The molecule has 2 rings (SSSR count). The van der Waals surface area contributed by atoms with E-state index in [0.717, 1.165) is 0 Å². The van der Waals surface area contributed by atoms with Gasteiger partial charge in [-0.15, -0.1) is 0 Å². The van der Waals surface area contributed by atoms with Crippen molar-refractivity contribution in [3.8, 4) is 5.75 Å². The van der Waals surface area contributed by atoms with Crippen molar-refractivity contribution >= 4 is 37.3 Å². The highest BCUT2D eigenvalue weighted by molar-refractivity contribution is 9.10. The molecule has 0 aliphatic carbocycles. The van der Waals surface area contributed by atoms with Crippen molar-refractivity contribution in [1.82, 2.24) is 4.98 Å². The van der Waals surface area contributed by atoms with Crippen LogP contribution in [0.2, 0.25) is 0 Å². The smallest absolute Gasteiger partial charge is 0.236 e. The summed E-state index contributed by atoms with van der Waals surface area (Å²) < 4.78 is 32.2. The van der Waals surface area contributed by atoms with Gasteiger partial charge in [0.25, 0.3) is 0 Å². The third kappa shape index (κ3) is 5.24. The maximum absolute atomic E-state index is 11.9. The molecule has 0 bridgehead atoms. The first kappa shape index (κ1) is 15.6. The molecule has 0 fully saturated rings. The van der Waals surface area contributed by atoms with Crippen LogP contribution in [0.5, 0.6) is 5.75 Å². The number of benzene rings is 1. The van der Waals surface area contributed by atoms with Crippen molar-refractivity contribution in [2.24, 2.45) is 0 Å². The molecule has 1 heterocycles. The van der Waals surface area contributed by atoms with Gasteiger partial charge < -0.3 is 10.5 Å². The monoisotopic (exact) mass is 371 g/mol. The lowest BCUT2D eigenvalue weighted by Gasteiger charge is -2.09. The third-order valence-electron chi connectivity index (χ3n) is 2.48. The Morgan fingerprint density at radius 1 is 1.29 bits per heavy atom. The van der Waals surface area contributed by atoms with E-state index in [1.807, 2.05) is 0 Å². The topological polar surface area (TPSA) is 94.3 Å². The molecule has 0 amide bonds. The lowest BCUT2D eigenvalue weighted by atomic mass is 10.3. The molecular weight excluding hydrogens is 358 g/mol. The zero-order valence-electron chi connectivity index (χ0n) is 11.0. The van der Waals surface area contributed by atoms with Gasteiger partial charge in [-0.25, -0.2) is 13.4 Å². The van der Waals surface area contributed by atoms with Gasteiger partial charge in [-0.3, -0.25) is 4.72 Å². The molecule has 0 aliphatic heterocycles. The van der Waals surface area contributed by atoms with Crippen LogP contribution in [0.15, 0.2) is 47.2 Å². The Morgan fingerprint density at radius 3 is 2.76 bits per heavy atom. The number of rotatable bonds is 6. The largest absolute Gasteiger partial charge is 0.492 e. The minimum atomic E-state index is -3.49. The molecule has 112 valence electrons. The molecule has 0 saturated carbocycles. The number of nitrogen functional groups attached to an aromatic ring is 1. The van der Waals surface area contributed by atoms with Crippen LogP contribution in [0.4, 0.5) is 11.4 Å². The van der Waals surface area contributed by atoms with E-state index >= 15 is 0 Å². The van der Waals surface area contributed by atoms with E-state index in [-0.39, 0.29) is 12.4 Å². The molecule has 1 aromatic heterocycles. The van der Waals surface area contributed by atoms with E-state index < -0.39 is 10.0 Å². The molecule has 0 aliphatic rings. The summed E-state index contributed by atoms with van der Waals surface area (Å²) >= 11 is 3.18. The number of nitrogens with two attached hydrogens (primary N) is 1. The van der Waals surface area contributed by atoms with Crippen LogP contribution >= 0.6 is 15.9 Å². The number of ether oxygens (including phenoxy) is 1. The summed E-state index contributed by atoms with van der Waals surface area (Å²) in [5, 5.41) is 0. The number of halogens is 1. The Labute approximate surface area is 131 Å². The fraction of sp³-hybridized carbons (Fsp3) is 0.154. The summed E-state index contributed by atoms with van der Waals surface area (Å²) in [6.45, 7) is 0.0305. The molecule has 0 unspecified atom stereocenters. The first-order valence-corrected chi connectivity index (χ1v) is 8.49. The lowest BCUT2D eigenvalue weighted by molar-refractivity contribution is 0.341. The zero-order valence-corrected chi connectivity index (χ0v) is 13.4. The van der Waals surface area contributed by atoms with Crippen LogP contribution in [0.1, 0.15) is 0 Å². The highest BCUT2D eigenvalue weighted by Gasteiger charge is 2.11. The fourth-order valence-electron chi connectivity index (χ4n) is 1.54. The van der Waals surface area contributed by atoms with Gasteiger partial charge in [-0.1, -0.05) is 6.07 Å². The highest BCUT2D eigenvalue weighted by atomic mass is 79.9. The SMILES string of the molecule is Nc1cccc(OCCS(=O)(=O)Nc2ccc(Br)nc2)c1. The summed E-state index contributed by atoms with van der Waals surface area (Å²) in [6.07, 6.45) is 1.43. The third-order valence-corrected chi connectivity index (χ3v) is 4.20. The van der Waals surface area contributed by atoms with E-state index in [1.165, 1.54) is 6.20 Å². The maximum atomic E-state index is 11.9. The number of aromatic nitrogens is 1. The zero-order chi connectivity index (χ0) is 15.3. The molecule has 21 heavy (non-hydrogen) atoms. The molecular formula is C13H14BrN3O3S. The van der Waals surface area contributed by atoms with Crippen LogP contribution in [0, 0.1) is 0 Å². The molecule has 2 aromatic rings. The van der Waals surface area contributed by atoms with Crippen molar-refractivity contribution < 1.29 is 13.2 Å². The van der Waals surface area contributed by atoms with Crippen molar-refractivity contribution in [2.45, 2.75) is 0 Å². The van der Waals surface area contributed by atoms with Gasteiger partial charge in [0.1, 0.15) is 22.7 Å². The number of sulfonamides is 1. The maximum Gasteiger partial charge on any atom is 0.236 e. The molecule has 0 radical (unpaired) electrons. The molecule has 0 atom stereocenters. The predicted molar refractivity (Wildman–Crippen MR) is 85.7 cm³/mol. The van der Waals surface area contributed by atoms with Gasteiger partial charge in [0.05, 0.1) is 11.9 Å². The number of nitrogens with one attached hydrogen (secondary N) is 1. The Balaban J connectivity index is 1.88. The number of pyridine rings is 1. The van der Waals surface area contributed by atoms with Crippen LogP contribution in [0.25, 0.3) is 0 Å². The Bertz CT molecular complexity index is 705. The Hall–Kier alpha value is -1.80. The first-order valence-electron chi connectivity index (χ1n) is 6.05. The quantitative estimate of drug-likeness (QED) is 0.599. The summed E-state index contributed by atoms with van der Waals surface area (Å²) in [5.41, 5.74) is 6.58. The van der Waals surface area contributed by atoms with Gasteiger partial charge in [0, 0.05) is 11.8 Å². The van der Waals surface area contributed by atoms with Gasteiger partial charge in [0.2, 0.25) is 10.0 Å². The van der Waals surface area contributed by atoms with Crippen molar-refractivity contribution in [1.29, 1.82) is 0 Å². The highest BCUT2D eigenvalue weighted by Crippen LogP contribution is 2.15. The molecule has 0 saturated heterocycles. The summed E-state index contributed by atoms with van der Waals surface area (Å²) in [5.74, 6) is 0.369. The van der Waals surface area contributed by atoms with E-state index in [9.17, 15) is 8.42 Å². The van der Waals surface area contributed by atoms with Gasteiger partial charge in [-0.2, -0.15) is 0 Å². The van der Waals surface area contributed by atoms with Crippen LogP contribution < -0.4 is 15.2 Å². The van der Waals surface area contributed by atoms with Gasteiger partial charge >= 0.3 is 0 Å². The molecule has 0 spiro atoms. The summed E-state index contributed by atoms with van der Waals surface area (Å²) in [6, 6.07) is 10.1. The molecule has 6 nitrogen and oxygen atoms in total. The number of hydrogen-bond donors (Lipinski definition) is 2. The average molecular weight is 372 g/mol. The normalized spacial score (nSPS) is 11.1. The van der Waals surface area contributed by atoms with Crippen molar-refractivity contribution in [3.63, 3.8) is 0 Å². The molecule has 8 heteroatoms. The van der Waals surface area contributed by atoms with Crippen LogP contribution in [0.3, 0.4) is 0 Å². The second kappa shape index (κ2) is 6.77. The molecule has 1 aromatic carbocycles. The summed E-state index contributed by atoms with van der Waals surface area (Å²) in [7, 11) is -3.49. The fourth-order valence-corrected chi connectivity index (χ4v) is 2.66. The van der Waals surface area contributed by atoms with Gasteiger partial charge in [0.15, 0.2) is 0 Å². The first-order chi connectivity index (χ1) is 9.94. The molecule has 3 N–H and O–H groups in total. The predicted octanol–water partition coefficient (Wildman–Crippen LogP) is 2.25. The Morgan fingerprint density at radius 2 is 2.10 bits per heavy atom. The minimum Gasteiger partial charge on any atom is -0.492 e. The average Bonchev–Trinajstić information content (AvgIpc) is 2.41. The summed E-state index contributed by atoms with van der Waals surface area (Å²) in [4.78, 5) is 3.95. The number of anilines is 2.